The van der Waals surface area contributed by atoms with Crippen LogP contribution < -0.4 is 0 Å². The highest BCUT2D eigenvalue weighted by Crippen LogP contribution is 2.30. The van der Waals surface area contributed by atoms with Crippen LogP contribution in [0.1, 0.15) is 24.1 Å². The van der Waals surface area contributed by atoms with Crippen LogP contribution in [0.5, 0.6) is 0 Å². The summed E-state index contributed by atoms with van der Waals surface area (Å²) in [6, 6.07) is 14.1. The Labute approximate surface area is 128 Å². The maximum absolute atomic E-state index is 9.33. The zero-order valence-electron chi connectivity index (χ0n) is 11.8. The summed E-state index contributed by atoms with van der Waals surface area (Å²) in [5.74, 6) is -0.269. The number of rotatable bonds is 2. The number of hydrogen-bond acceptors (Lipinski definition) is 2. The molecule has 4 heteroatoms. The Morgan fingerprint density at radius 3 is 2.57 bits per heavy atom. The zero-order valence-corrected chi connectivity index (χ0v) is 12.6. The smallest absolute Gasteiger partial charge is 0.137 e. The lowest BCUT2D eigenvalue weighted by molar-refractivity contribution is 0.900. The molecule has 3 aromatic rings. The third kappa shape index (κ3) is 2.39. The van der Waals surface area contributed by atoms with Crippen molar-refractivity contribution in [1.82, 2.24) is 9.38 Å². The lowest BCUT2D eigenvalue weighted by Crippen LogP contribution is -1.98. The SMILES string of the molecule is Cc1ccc(-c2nc3ccc(Cl)cn3c2C(C)C#N)cc1. The van der Waals surface area contributed by atoms with Crippen molar-refractivity contribution in [2.45, 2.75) is 19.8 Å². The second-order valence-electron chi connectivity index (χ2n) is 5.14. The van der Waals surface area contributed by atoms with Crippen LogP contribution in [0.25, 0.3) is 16.9 Å². The average molecular weight is 296 g/mol. The standard InChI is InChI=1S/C17H14ClN3/c1-11-3-5-13(6-4-11)16-17(12(2)9-19)21-10-14(18)7-8-15(21)20-16/h3-8,10,12H,1-2H3. The summed E-state index contributed by atoms with van der Waals surface area (Å²) < 4.78 is 1.91. The van der Waals surface area contributed by atoms with Gasteiger partial charge in [0.25, 0.3) is 0 Å². The lowest BCUT2D eigenvalue weighted by Gasteiger charge is -2.07. The molecule has 0 aliphatic heterocycles. The van der Waals surface area contributed by atoms with E-state index in [9.17, 15) is 5.26 Å². The van der Waals surface area contributed by atoms with Crippen LogP contribution in [0.2, 0.25) is 5.02 Å². The molecular weight excluding hydrogens is 282 g/mol. The van der Waals surface area contributed by atoms with E-state index in [-0.39, 0.29) is 5.92 Å². The molecule has 0 N–H and O–H groups in total. The summed E-state index contributed by atoms with van der Waals surface area (Å²) in [4.78, 5) is 4.68. The third-order valence-corrected chi connectivity index (χ3v) is 3.77. The molecular formula is C17H14ClN3. The second-order valence-corrected chi connectivity index (χ2v) is 5.57. The molecule has 0 radical (unpaired) electrons. The number of benzene rings is 1. The monoisotopic (exact) mass is 295 g/mol. The van der Waals surface area contributed by atoms with Gasteiger partial charge in [0.15, 0.2) is 0 Å². The van der Waals surface area contributed by atoms with Crippen molar-refractivity contribution in [3.05, 3.63) is 58.9 Å². The van der Waals surface area contributed by atoms with Crippen molar-refractivity contribution in [2.24, 2.45) is 0 Å². The zero-order chi connectivity index (χ0) is 15.0. The summed E-state index contributed by atoms with van der Waals surface area (Å²) in [5.41, 5.74) is 4.72. The Balaban J connectivity index is 2.31. The number of hydrogen-bond donors (Lipinski definition) is 0. The van der Waals surface area contributed by atoms with Gasteiger partial charge in [-0.1, -0.05) is 41.4 Å². The maximum Gasteiger partial charge on any atom is 0.137 e. The Morgan fingerprint density at radius 2 is 1.90 bits per heavy atom. The fourth-order valence-electron chi connectivity index (χ4n) is 2.44. The lowest BCUT2D eigenvalue weighted by atomic mass is 10.0. The molecule has 2 heterocycles. The number of aromatic nitrogens is 2. The molecule has 3 nitrogen and oxygen atoms in total. The Hall–Kier alpha value is -2.31. The van der Waals surface area contributed by atoms with E-state index in [0.29, 0.717) is 5.02 Å². The van der Waals surface area contributed by atoms with Crippen LogP contribution in [-0.4, -0.2) is 9.38 Å². The van der Waals surface area contributed by atoms with Gasteiger partial charge in [0, 0.05) is 11.8 Å². The van der Waals surface area contributed by atoms with Gasteiger partial charge in [-0.2, -0.15) is 5.26 Å². The molecule has 0 amide bonds. The fraction of sp³-hybridized carbons (Fsp3) is 0.176. The molecule has 21 heavy (non-hydrogen) atoms. The molecule has 0 bridgehead atoms. The molecule has 0 spiro atoms. The first kappa shape index (κ1) is 13.7. The molecule has 1 unspecified atom stereocenters. The minimum absolute atomic E-state index is 0.269. The summed E-state index contributed by atoms with van der Waals surface area (Å²) in [5, 5.41) is 9.95. The van der Waals surface area contributed by atoms with E-state index in [1.54, 1.807) is 0 Å². The van der Waals surface area contributed by atoms with Crippen molar-refractivity contribution < 1.29 is 0 Å². The summed E-state index contributed by atoms with van der Waals surface area (Å²) in [7, 11) is 0. The number of aryl methyl sites for hydroxylation is 1. The van der Waals surface area contributed by atoms with Gasteiger partial charge in [0.05, 0.1) is 28.4 Å². The number of nitrogens with zero attached hydrogens (tertiary/aromatic N) is 3. The molecule has 1 aromatic carbocycles. The first-order valence-corrected chi connectivity index (χ1v) is 7.12. The van der Waals surface area contributed by atoms with E-state index in [1.807, 2.05) is 60.8 Å². The second kappa shape index (κ2) is 5.23. The average Bonchev–Trinajstić information content (AvgIpc) is 2.85. The molecule has 104 valence electrons. The molecule has 0 aliphatic rings. The van der Waals surface area contributed by atoms with Crippen molar-refractivity contribution in [3.63, 3.8) is 0 Å². The van der Waals surface area contributed by atoms with Crippen LogP contribution >= 0.6 is 11.6 Å². The maximum atomic E-state index is 9.33. The van der Waals surface area contributed by atoms with Crippen LogP contribution in [0.15, 0.2) is 42.6 Å². The van der Waals surface area contributed by atoms with Gasteiger partial charge in [-0.05, 0) is 26.0 Å². The topological polar surface area (TPSA) is 41.1 Å². The molecule has 0 aliphatic carbocycles. The highest BCUT2D eigenvalue weighted by atomic mass is 35.5. The molecule has 1 atom stereocenters. The summed E-state index contributed by atoms with van der Waals surface area (Å²) in [6.07, 6.45) is 1.81. The predicted molar refractivity (Wildman–Crippen MR) is 84.4 cm³/mol. The third-order valence-electron chi connectivity index (χ3n) is 3.55. The van der Waals surface area contributed by atoms with Gasteiger partial charge < -0.3 is 4.40 Å². The quantitative estimate of drug-likeness (QED) is 0.694. The molecule has 0 saturated carbocycles. The van der Waals surface area contributed by atoms with E-state index in [0.717, 1.165) is 22.6 Å². The van der Waals surface area contributed by atoms with Crippen LogP contribution in [-0.2, 0) is 0 Å². The Kier molecular flexibility index (Phi) is 3.40. The van der Waals surface area contributed by atoms with Crippen molar-refractivity contribution in [1.29, 1.82) is 5.26 Å². The van der Waals surface area contributed by atoms with E-state index in [4.69, 9.17) is 11.6 Å². The van der Waals surface area contributed by atoms with Crippen LogP contribution in [0.4, 0.5) is 0 Å². The number of nitriles is 1. The highest BCUT2D eigenvalue weighted by Gasteiger charge is 2.19. The van der Waals surface area contributed by atoms with E-state index in [2.05, 4.69) is 11.1 Å². The minimum atomic E-state index is -0.269. The Bertz CT molecular complexity index is 841. The normalized spacial score (nSPS) is 12.3. The van der Waals surface area contributed by atoms with Crippen LogP contribution in [0.3, 0.4) is 0 Å². The van der Waals surface area contributed by atoms with Crippen molar-refractivity contribution >= 4 is 17.2 Å². The molecule has 3 rings (SSSR count). The molecule has 0 saturated heterocycles. The van der Waals surface area contributed by atoms with E-state index in [1.165, 1.54) is 5.56 Å². The van der Waals surface area contributed by atoms with Crippen molar-refractivity contribution in [3.8, 4) is 17.3 Å². The first-order chi connectivity index (χ1) is 10.1. The molecule has 0 fully saturated rings. The van der Waals surface area contributed by atoms with Crippen LogP contribution in [0, 0.1) is 18.3 Å². The molecule has 2 aromatic heterocycles. The predicted octanol–water partition coefficient (Wildman–Crippen LogP) is 4.59. The van der Waals surface area contributed by atoms with E-state index >= 15 is 0 Å². The van der Waals surface area contributed by atoms with Gasteiger partial charge in [0.1, 0.15) is 5.65 Å². The summed E-state index contributed by atoms with van der Waals surface area (Å²) in [6.45, 7) is 3.92. The van der Waals surface area contributed by atoms with Gasteiger partial charge in [0.2, 0.25) is 0 Å². The van der Waals surface area contributed by atoms with Gasteiger partial charge in [-0.15, -0.1) is 0 Å². The van der Waals surface area contributed by atoms with Gasteiger partial charge in [-0.3, -0.25) is 0 Å². The number of halogens is 1. The number of pyridine rings is 1. The Morgan fingerprint density at radius 1 is 1.19 bits per heavy atom. The number of fused-ring (bicyclic) bond motifs is 1. The fourth-order valence-corrected chi connectivity index (χ4v) is 2.60. The first-order valence-electron chi connectivity index (χ1n) is 6.74. The minimum Gasteiger partial charge on any atom is -0.301 e. The van der Waals surface area contributed by atoms with Crippen molar-refractivity contribution in [2.75, 3.05) is 0 Å². The largest absolute Gasteiger partial charge is 0.301 e. The summed E-state index contributed by atoms with van der Waals surface area (Å²) >= 11 is 6.08. The van der Waals surface area contributed by atoms with Gasteiger partial charge >= 0.3 is 0 Å². The highest BCUT2D eigenvalue weighted by molar-refractivity contribution is 6.30. The van der Waals surface area contributed by atoms with E-state index < -0.39 is 0 Å². The number of imidazole rings is 1. The van der Waals surface area contributed by atoms with Gasteiger partial charge in [-0.25, -0.2) is 4.98 Å².